The molecule has 2 heterocycles. The van der Waals surface area contributed by atoms with Crippen LogP contribution < -0.4 is 26.2 Å². The van der Waals surface area contributed by atoms with E-state index < -0.39 is 0 Å². The van der Waals surface area contributed by atoms with Gasteiger partial charge in [0.15, 0.2) is 0 Å². The summed E-state index contributed by atoms with van der Waals surface area (Å²) in [7, 11) is 0. The monoisotopic (exact) mass is 863 g/mol. The second-order valence-corrected chi connectivity index (χ2v) is 24.2. The Morgan fingerprint density at radius 1 is 0.439 bits per heavy atom. The van der Waals surface area contributed by atoms with Gasteiger partial charge in [0.1, 0.15) is 0 Å². The van der Waals surface area contributed by atoms with Crippen LogP contribution in [0.2, 0.25) is 0 Å². The average Bonchev–Trinajstić information content (AvgIpc) is 3.45. The van der Waals surface area contributed by atoms with E-state index in [-0.39, 0.29) is 33.8 Å². The van der Waals surface area contributed by atoms with E-state index in [2.05, 4.69) is 233 Å². The van der Waals surface area contributed by atoms with Crippen molar-refractivity contribution in [3.63, 3.8) is 0 Å². The van der Waals surface area contributed by atoms with Crippen LogP contribution in [0.1, 0.15) is 134 Å². The highest BCUT2D eigenvalue weighted by molar-refractivity contribution is 7.00. The molecule has 2 nitrogen and oxygen atoms in total. The van der Waals surface area contributed by atoms with Crippen LogP contribution in [0.15, 0.2) is 133 Å². The fraction of sp³-hybridized carbons (Fsp3) is 0.333. The Kier molecular flexibility index (Phi) is 9.31. The number of aryl methyl sites for hydroxylation is 2. The number of fused-ring (bicyclic) bond motifs is 6. The fourth-order valence-corrected chi connectivity index (χ4v) is 12.9. The van der Waals surface area contributed by atoms with Crippen LogP contribution in [-0.4, -0.2) is 6.71 Å². The molecule has 0 saturated heterocycles. The lowest BCUT2D eigenvalue weighted by atomic mass is 9.32. The fourth-order valence-electron chi connectivity index (χ4n) is 12.9. The molecule has 11 rings (SSSR count). The van der Waals surface area contributed by atoms with Crippen molar-refractivity contribution in [2.75, 3.05) is 9.80 Å². The van der Waals surface area contributed by atoms with E-state index in [1.54, 1.807) is 0 Å². The molecule has 4 aliphatic rings. The van der Waals surface area contributed by atoms with Gasteiger partial charge in [0.05, 0.1) is 5.69 Å². The number of anilines is 6. The minimum Gasteiger partial charge on any atom is -0.311 e. The Hall–Kier alpha value is -5.80. The molecule has 2 aliphatic carbocycles. The summed E-state index contributed by atoms with van der Waals surface area (Å²) < 4.78 is 0. The maximum absolute atomic E-state index is 2.69. The van der Waals surface area contributed by atoms with Crippen molar-refractivity contribution < 1.29 is 0 Å². The first-order valence-corrected chi connectivity index (χ1v) is 24.6. The molecule has 2 aliphatic heterocycles. The van der Waals surface area contributed by atoms with Crippen molar-refractivity contribution >= 4 is 57.2 Å². The quantitative estimate of drug-likeness (QED) is 0.163. The topological polar surface area (TPSA) is 6.48 Å². The summed E-state index contributed by atoms with van der Waals surface area (Å²) in [4.78, 5) is 5.36. The van der Waals surface area contributed by atoms with Crippen LogP contribution in [0.4, 0.5) is 34.1 Å². The second-order valence-electron chi connectivity index (χ2n) is 24.2. The van der Waals surface area contributed by atoms with Crippen LogP contribution in [0.5, 0.6) is 0 Å². The third kappa shape index (κ3) is 6.50. The highest BCUT2D eigenvalue weighted by Crippen LogP contribution is 2.55. The molecule has 0 atom stereocenters. The number of hydrogen-bond donors (Lipinski definition) is 0. The predicted molar refractivity (Wildman–Crippen MR) is 285 cm³/mol. The lowest BCUT2D eigenvalue weighted by Gasteiger charge is -2.48. The van der Waals surface area contributed by atoms with E-state index in [1.807, 2.05) is 0 Å². The molecule has 332 valence electrons. The summed E-state index contributed by atoms with van der Waals surface area (Å²) in [6.07, 6.45) is 3.47. The third-order valence-electron chi connectivity index (χ3n) is 16.4. The summed E-state index contributed by atoms with van der Waals surface area (Å²) >= 11 is 0. The number of rotatable bonds is 4. The summed E-state index contributed by atoms with van der Waals surface area (Å²) in [5.74, 6) is 0. The highest BCUT2D eigenvalue weighted by Gasteiger charge is 2.50. The number of nitrogens with zero attached hydrogens (tertiary/aromatic N) is 2. The van der Waals surface area contributed by atoms with E-state index in [0.717, 1.165) is 6.42 Å². The van der Waals surface area contributed by atoms with E-state index in [1.165, 1.54) is 125 Å². The largest absolute Gasteiger partial charge is 0.311 e. The first kappa shape index (κ1) is 42.8. The Balaban J connectivity index is 1.27. The maximum Gasteiger partial charge on any atom is 0.252 e. The molecule has 0 bridgehead atoms. The van der Waals surface area contributed by atoms with Crippen LogP contribution in [0.25, 0.3) is 22.3 Å². The van der Waals surface area contributed by atoms with Gasteiger partial charge in [0.2, 0.25) is 0 Å². The van der Waals surface area contributed by atoms with Gasteiger partial charge in [-0.2, -0.15) is 0 Å². The summed E-state index contributed by atoms with van der Waals surface area (Å²) in [6.45, 7) is 31.5. The molecule has 0 amide bonds. The molecule has 0 unspecified atom stereocenters. The molecule has 0 N–H and O–H groups in total. The molecule has 0 fully saturated rings. The zero-order valence-corrected chi connectivity index (χ0v) is 41.8. The molecular formula is C63H67BN2. The van der Waals surface area contributed by atoms with Gasteiger partial charge >= 0.3 is 0 Å². The van der Waals surface area contributed by atoms with Gasteiger partial charge in [-0.1, -0.05) is 161 Å². The van der Waals surface area contributed by atoms with Gasteiger partial charge in [-0.05, 0) is 181 Å². The zero-order chi connectivity index (χ0) is 46.5. The predicted octanol–water partition coefficient (Wildman–Crippen LogP) is 15.3. The van der Waals surface area contributed by atoms with Crippen LogP contribution in [0, 0.1) is 13.8 Å². The minimum atomic E-state index is -0.00843. The highest BCUT2D eigenvalue weighted by atomic mass is 15.2. The Morgan fingerprint density at radius 2 is 0.924 bits per heavy atom. The molecule has 66 heavy (non-hydrogen) atoms. The van der Waals surface area contributed by atoms with Gasteiger partial charge in [0, 0.05) is 34.0 Å². The van der Waals surface area contributed by atoms with Crippen molar-refractivity contribution in [1.29, 1.82) is 0 Å². The Bertz CT molecular complexity index is 3120. The summed E-state index contributed by atoms with van der Waals surface area (Å²) in [5, 5.41) is 0. The summed E-state index contributed by atoms with van der Waals surface area (Å²) in [5.41, 5.74) is 27.0. The first-order valence-electron chi connectivity index (χ1n) is 24.6. The third-order valence-corrected chi connectivity index (χ3v) is 16.4. The van der Waals surface area contributed by atoms with Crippen molar-refractivity contribution in [1.82, 2.24) is 0 Å². The van der Waals surface area contributed by atoms with Crippen LogP contribution >= 0.6 is 0 Å². The molecule has 0 saturated carbocycles. The number of benzene rings is 7. The van der Waals surface area contributed by atoms with E-state index in [0.29, 0.717) is 0 Å². The van der Waals surface area contributed by atoms with Gasteiger partial charge in [-0.3, -0.25) is 0 Å². The lowest BCUT2D eigenvalue weighted by Crippen LogP contribution is -2.62. The zero-order valence-electron chi connectivity index (χ0n) is 41.8. The molecule has 7 aromatic rings. The molecule has 0 radical (unpaired) electrons. The van der Waals surface area contributed by atoms with E-state index in [9.17, 15) is 0 Å². The van der Waals surface area contributed by atoms with E-state index in [4.69, 9.17) is 0 Å². The van der Waals surface area contributed by atoms with E-state index >= 15 is 0 Å². The van der Waals surface area contributed by atoms with Crippen molar-refractivity contribution in [2.45, 2.75) is 136 Å². The Labute approximate surface area is 396 Å². The van der Waals surface area contributed by atoms with Gasteiger partial charge in [0.25, 0.3) is 6.71 Å². The SMILES string of the molecule is Cc1cc2c3c(c1)N(c1ccc(C(C)(C)C)cc1-c1ccccc1)c1cc4c(cc1B3c1cc3c(cc1N2c1ccc(-c2ccccc2)cc1C)C(C)(C)CCC3(C)C)C(C)(C)CC4(C)C. The molecule has 7 aromatic carbocycles. The van der Waals surface area contributed by atoms with Gasteiger partial charge in [-0.25, -0.2) is 0 Å². The van der Waals surface area contributed by atoms with Gasteiger partial charge in [-0.15, -0.1) is 0 Å². The molecule has 0 aromatic heterocycles. The number of hydrogen-bond acceptors (Lipinski definition) is 2. The molecular weight excluding hydrogens is 796 g/mol. The molecule has 0 spiro atoms. The second kappa shape index (κ2) is 14.4. The minimum absolute atomic E-state index is 0.00843. The first-order chi connectivity index (χ1) is 31.1. The maximum atomic E-state index is 2.69. The average molecular weight is 863 g/mol. The van der Waals surface area contributed by atoms with Crippen LogP contribution in [-0.2, 0) is 27.1 Å². The standard InChI is InChI=1S/C63H67BN2/c1-39-30-56-58-57(31-39)66(53-27-25-44(59(3,4)5)33-45(53)42-22-18-15-19-23-42)55-37-49-47(62(10,11)38-63(49,12)13)35-51(55)64(58)50-34-46-48(61(8,9)29-28-60(46,6)7)36-54(50)65(56)52-26-24-43(32-40(52)2)41-20-16-14-17-21-41/h14-27,30-37H,28-29,38H2,1-13H3. The van der Waals surface area contributed by atoms with Crippen molar-refractivity contribution in [3.8, 4) is 22.3 Å². The Morgan fingerprint density at radius 3 is 1.47 bits per heavy atom. The molecule has 3 heteroatoms. The lowest BCUT2D eigenvalue weighted by molar-refractivity contribution is 0.332. The van der Waals surface area contributed by atoms with Crippen molar-refractivity contribution in [2.24, 2.45) is 0 Å². The van der Waals surface area contributed by atoms with Crippen molar-refractivity contribution in [3.05, 3.63) is 172 Å². The summed E-state index contributed by atoms with van der Waals surface area (Å²) in [6, 6.07) is 52.1. The normalized spacial score (nSPS) is 18.0. The van der Waals surface area contributed by atoms with Crippen LogP contribution in [0.3, 0.4) is 0 Å². The smallest absolute Gasteiger partial charge is 0.252 e. The van der Waals surface area contributed by atoms with Gasteiger partial charge < -0.3 is 9.80 Å².